The van der Waals surface area contributed by atoms with Gasteiger partial charge in [-0.25, -0.2) is 8.42 Å². The molecule has 0 aliphatic rings. The molecule has 0 unspecified atom stereocenters. The topological polar surface area (TPSA) is 75.7 Å². The Morgan fingerprint density at radius 1 is 1.19 bits per heavy atom. The van der Waals surface area contributed by atoms with Gasteiger partial charge < -0.3 is 10.1 Å². The van der Waals surface area contributed by atoms with Gasteiger partial charge in [-0.2, -0.15) is 0 Å². The molecule has 0 saturated heterocycles. The minimum atomic E-state index is -3.67. The van der Waals surface area contributed by atoms with Gasteiger partial charge in [0.15, 0.2) is 0 Å². The fourth-order valence-electron chi connectivity index (χ4n) is 3.02. The van der Waals surface area contributed by atoms with Crippen LogP contribution in [0.25, 0.3) is 0 Å². The molecule has 1 N–H and O–H groups in total. The fourth-order valence-corrected chi connectivity index (χ4v) is 3.88. The van der Waals surface area contributed by atoms with Gasteiger partial charge in [-0.3, -0.25) is 9.10 Å². The number of nitrogens with one attached hydrogen (secondary N) is 1. The summed E-state index contributed by atoms with van der Waals surface area (Å²) >= 11 is 0. The van der Waals surface area contributed by atoms with Crippen LogP contribution in [0.4, 0.5) is 5.69 Å². The van der Waals surface area contributed by atoms with E-state index < -0.39 is 10.0 Å². The minimum Gasteiger partial charge on any atom is -0.495 e. The number of methoxy groups -OCH3 is 1. The molecule has 0 aromatic heterocycles. The van der Waals surface area contributed by atoms with Crippen LogP contribution in [0.3, 0.4) is 0 Å². The predicted octanol–water partition coefficient (Wildman–Crippen LogP) is 2.96. The Morgan fingerprint density at radius 3 is 2.44 bits per heavy atom. The first-order chi connectivity index (χ1) is 12.6. The van der Waals surface area contributed by atoms with Crippen LogP contribution in [0.2, 0.25) is 0 Å². The lowest BCUT2D eigenvalue weighted by atomic mass is 10.0. The van der Waals surface area contributed by atoms with E-state index in [0.717, 1.165) is 27.3 Å². The predicted molar refractivity (Wildman–Crippen MR) is 108 cm³/mol. The Kier molecular flexibility index (Phi) is 6.49. The van der Waals surface area contributed by atoms with Crippen LogP contribution in [0.15, 0.2) is 42.5 Å². The van der Waals surface area contributed by atoms with Crippen molar-refractivity contribution in [2.45, 2.75) is 26.8 Å². The van der Waals surface area contributed by atoms with Crippen LogP contribution in [0.1, 0.15) is 29.7 Å². The second-order valence-corrected chi connectivity index (χ2v) is 8.50. The lowest BCUT2D eigenvalue weighted by Crippen LogP contribution is -2.41. The van der Waals surface area contributed by atoms with Gasteiger partial charge >= 0.3 is 0 Å². The molecule has 1 amide bonds. The molecule has 0 fully saturated rings. The molecule has 6 nitrogen and oxygen atoms in total. The van der Waals surface area contributed by atoms with E-state index in [1.807, 2.05) is 32.9 Å². The van der Waals surface area contributed by atoms with Crippen molar-refractivity contribution in [1.82, 2.24) is 5.32 Å². The number of sulfonamides is 1. The largest absolute Gasteiger partial charge is 0.495 e. The van der Waals surface area contributed by atoms with E-state index in [1.54, 1.807) is 24.3 Å². The normalized spacial score (nSPS) is 12.3. The molecule has 0 aliphatic heterocycles. The van der Waals surface area contributed by atoms with Crippen LogP contribution >= 0.6 is 0 Å². The van der Waals surface area contributed by atoms with Crippen molar-refractivity contribution in [2.75, 3.05) is 24.2 Å². The van der Waals surface area contributed by atoms with Crippen LogP contribution in [-0.4, -0.2) is 34.2 Å². The van der Waals surface area contributed by atoms with Crippen LogP contribution in [0, 0.1) is 13.8 Å². The zero-order chi connectivity index (χ0) is 20.2. The SMILES string of the molecule is COc1ccccc1N(CC(=O)N[C@@H](C)c1ccc(C)cc1C)S(C)(=O)=O. The molecular formula is C20H26N2O4S. The molecule has 0 aliphatic carbocycles. The van der Waals surface area contributed by atoms with Crippen molar-refractivity contribution in [3.05, 3.63) is 59.2 Å². The van der Waals surface area contributed by atoms with Crippen LogP contribution < -0.4 is 14.4 Å². The smallest absolute Gasteiger partial charge is 0.241 e. The number of carbonyl (C=O) groups excluding carboxylic acids is 1. The number of nitrogens with zero attached hydrogens (tertiary/aromatic N) is 1. The lowest BCUT2D eigenvalue weighted by molar-refractivity contribution is -0.120. The molecule has 27 heavy (non-hydrogen) atoms. The van der Waals surface area contributed by atoms with Gasteiger partial charge in [-0.15, -0.1) is 0 Å². The summed E-state index contributed by atoms with van der Waals surface area (Å²) in [7, 11) is -2.21. The molecule has 2 rings (SSSR count). The zero-order valence-corrected chi connectivity index (χ0v) is 17.1. The van der Waals surface area contributed by atoms with Crippen molar-refractivity contribution in [2.24, 2.45) is 0 Å². The second kappa shape index (κ2) is 8.43. The Morgan fingerprint density at radius 2 is 1.85 bits per heavy atom. The summed E-state index contributed by atoms with van der Waals surface area (Å²) in [5.41, 5.74) is 3.55. The molecule has 7 heteroatoms. The molecule has 0 radical (unpaired) electrons. The monoisotopic (exact) mass is 390 g/mol. The standard InChI is InChI=1S/C20H26N2O4S/c1-14-10-11-17(15(2)12-14)16(3)21-20(23)13-22(27(5,24)25)18-8-6-7-9-19(18)26-4/h6-12,16H,13H2,1-5H3,(H,21,23)/t16-/m0/s1. The number of ether oxygens (including phenoxy) is 1. The van der Waals surface area contributed by atoms with E-state index in [4.69, 9.17) is 4.74 Å². The van der Waals surface area contributed by atoms with Gasteiger partial charge in [0, 0.05) is 0 Å². The highest BCUT2D eigenvalue weighted by Gasteiger charge is 2.24. The van der Waals surface area contributed by atoms with Crippen molar-refractivity contribution in [3.63, 3.8) is 0 Å². The van der Waals surface area contributed by atoms with Crippen molar-refractivity contribution in [1.29, 1.82) is 0 Å². The van der Waals surface area contributed by atoms with E-state index in [0.29, 0.717) is 11.4 Å². The maximum Gasteiger partial charge on any atom is 0.241 e. The third-order valence-corrected chi connectivity index (χ3v) is 5.44. The first-order valence-electron chi connectivity index (χ1n) is 8.60. The summed E-state index contributed by atoms with van der Waals surface area (Å²) in [4.78, 5) is 12.6. The third kappa shape index (κ3) is 5.23. The van der Waals surface area contributed by atoms with E-state index >= 15 is 0 Å². The molecule has 0 saturated carbocycles. The highest BCUT2D eigenvalue weighted by molar-refractivity contribution is 7.92. The molecule has 0 spiro atoms. The van der Waals surface area contributed by atoms with Crippen molar-refractivity contribution in [3.8, 4) is 5.75 Å². The van der Waals surface area contributed by atoms with Crippen LogP contribution in [0.5, 0.6) is 5.75 Å². The maximum absolute atomic E-state index is 12.6. The zero-order valence-electron chi connectivity index (χ0n) is 16.3. The molecule has 2 aromatic carbocycles. The molecule has 2 aromatic rings. The molecule has 0 bridgehead atoms. The van der Waals surface area contributed by atoms with E-state index in [2.05, 4.69) is 11.4 Å². The number of anilines is 1. The molecular weight excluding hydrogens is 364 g/mol. The average molecular weight is 391 g/mol. The number of benzene rings is 2. The summed E-state index contributed by atoms with van der Waals surface area (Å²) in [6, 6.07) is 12.5. The van der Waals surface area contributed by atoms with Gasteiger partial charge in [0.25, 0.3) is 0 Å². The molecule has 146 valence electrons. The third-order valence-electron chi connectivity index (χ3n) is 4.31. The molecule has 0 heterocycles. The average Bonchev–Trinajstić information content (AvgIpc) is 2.58. The van der Waals surface area contributed by atoms with Gasteiger partial charge in [0.2, 0.25) is 15.9 Å². The number of amides is 1. The van der Waals surface area contributed by atoms with E-state index in [-0.39, 0.29) is 18.5 Å². The lowest BCUT2D eigenvalue weighted by Gasteiger charge is -2.25. The summed E-state index contributed by atoms with van der Waals surface area (Å²) < 4.78 is 30.8. The number of para-hydroxylation sites is 2. The van der Waals surface area contributed by atoms with Gasteiger partial charge in [0.05, 0.1) is 25.1 Å². The summed E-state index contributed by atoms with van der Waals surface area (Å²) in [5, 5.41) is 2.88. The number of aryl methyl sites for hydroxylation is 2. The first-order valence-corrected chi connectivity index (χ1v) is 10.5. The van der Waals surface area contributed by atoms with Gasteiger partial charge in [-0.1, -0.05) is 35.9 Å². The Labute approximate surface area is 161 Å². The second-order valence-electron chi connectivity index (χ2n) is 6.59. The molecule has 1 atom stereocenters. The summed E-state index contributed by atoms with van der Waals surface area (Å²) in [6.07, 6.45) is 1.07. The maximum atomic E-state index is 12.6. The Bertz CT molecular complexity index is 925. The quantitative estimate of drug-likeness (QED) is 0.789. The minimum absolute atomic E-state index is 0.239. The number of hydrogen-bond donors (Lipinski definition) is 1. The van der Waals surface area contributed by atoms with E-state index in [9.17, 15) is 13.2 Å². The summed E-state index contributed by atoms with van der Waals surface area (Å²) in [6.45, 7) is 5.55. The van der Waals surface area contributed by atoms with Gasteiger partial charge in [0.1, 0.15) is 12.3 Å². The van der Waals surface area contributed by atoms with Crippen molar-refractivity contribution >= 4 is 21.6 Å². The number of hydrogen-bond acceptors (Lipinski definition) is 4. The summed E-state index contributed by atoms with van der Waals surface area (Å²) in [5.74, 6) is -0.00282. The highest BCUT2D eigenvalue weighted by atomic mass is 32.2. The Hall–Kier alpha value is -2.54. The van der Waals surface area contributed by atoms with E-state index in [1.165, 1.54) is 7.11 Å². The number of rotatable bonds is 7. The number of carbonyl (C=O) groups is 1. The van der Waals surface area contributed by atoms with Crippen molar-refractivity contribution < 1.29 is 17.9 Å². The van der Waals surface area contributed by atoms with Crippen LogP contribution in [-0.2, 0) is 14.8 Å². The fraction of sp³-hybridized carbons (Fsp3) is 0.350. The highest BCUT2D eigenvalue weighted by Crippen LogP contribution is 2.29. The Balaban J connectivity index is 2.22. The first kappa shape index (κ1) is 20.8. The van der Waals surface area contributed by atoms with Gasteiger partial charge in [-0.05, 0) is 44.0 Å².